The fourth-order valence-electron chi connectivity index (χ4n) is 7.07. The molecule has 5 rings (SSSR count). The Morgan fingerprint density at radius 2 is 2.00 bits per heavy atom. The zero-order valence-electron chi connectivity index (χ0n) is 13.6. The number of aromatic hydroxyl groups is 1. The maximum absolute atomic E-state index is 12.6. The molecular formula is C20H24O3. The van der Waals surface area contributed by atoms with Crippen LogP contribution in [0.3, 0.4) is 0 Å². The van der Waals surface area contributed by atoms with Crippen LogP contribution in [0.15, 0.2) is 18.2 Å². The molecule has 1 aromatic rings. The van der Waals surface area contributed by atoms with E-state index >= 15 is 0 Å². The fraction of sp³-hybridized carbons (Fsp3) is 0.650. The van der Waals surface area contributed by atoms with Crippen molar-refractivity contribution in [1.82, 2.24) is 0 Å². The van der Waals surface area contributed by atoms with Crippen molar-refractivity contribution in [2.45, 2.75) is 63.4 Å². The topological polar surface area (TPSA) is 57.5 Å². The summed E-state index contributed by atoms with van der Waals surface area (Å²) in [5.74, 6) is 1.44. The van der Waals surface area contributed by atoms with Gasteiger partial charge in [-0.15, -0.1) is 0 Å². The molecule has 122 valence electrons. The Labute approximate surface area is 136 Å². The van der Waals surface area contributed by atoms with Crippen molar-refractivity contribution < 1.29 is 15.0 Å². The highest BCUT2D eigenvalue weighted by atomic mass is 16.3. The van der Waals surface area contributed by atoms with Gasteiger partial charge < -0.3 is 10.2 Å². The first-order valence-corrected chi connectivity index (χ1v) is 8.99. The van der Waals surface area contributed by atoms with Gasteiger partial charge in [0.1, 0.15) is 11.4 Å². The molecule has 2 N–H and O–H groups in total. The summed E-state index contributed by atoms with van der Waals surface area (Å²) in [6, 6.07) is 5.82. The van der Waals surface area contributed by atoms with Crippen LogP contribution >= 0.6 is 0 Å². The van der Waals surface area contributed by atoms with E-state index in [4.69, 9.17) is 0 Å². The minimum Gasteiger partial charge on any atom is -0.508 e. The lowest BCUT2D eigenvalue weighted by molar-refractivity contribution is -0.144. The maximum atomic E-state index is 12.6. The number of carbonyl (C=O) groups excluding carboxylic acids is 1. The van der Waals surface area contributed by atoms with Crippen molar-refractivity contribution in [3.63, 3.8) is 0 Å². The van der Waals surface area contributed by atoms with Crippen molar-refractivity contribution in [2.75, 3.05) is 0 Å². The van der Waals surface area contributed by atoms with Crippen molar-refractivity contribution >= 4 is 5.78 Å². The number of benzene rings is 1. The van der Waals surface area contributed by atoms with Gasteiger partial charge in [-0.05, 0) is 79.0 Å². The van der Waals surface area contributed by atoms with Crippen molar-refractivity contribution in [3.8, 4) is 5.75 Å². The molecule has 4 aliphatic carbocycles. The number of Topliss-reactive ketones (excluding diaryl/α,β-unsaturated/α-hetero) is 1. The Balaban J connectivity index is 1.64. The van der Waals surface area contributed by atoms with Crippen LogP contribution in [0.1, 0.15) is 62.5 Å². The van der Waals surface area contributed by atoms with Crippen LogP contribution in [0.4, 0.5) is 0 Å². The Hall–Kier alpha value is -1.35. The third-order valence-corrected chi connectivity index (χ3v) is 8.28. The van der Waals surface area contributed by atoms with E-state index in [1.54, 1.807) is 6.07 Å². The Morgan fingerprint density at radius 1 is 1.17 bits per heavy atom. The maximum Gasteiger partial charge on any atom is 0.165 e. The van der Waals surface area contributed by atoms with E-state index in [1.165, 1.54) is 11.1 Å². The first kappa shape index (κ1) is 14.0. The van der Waals surface area contributed by atoms with E-state index < -0.39 is 5.60 Å². The first-order valence-electron chi connectivity index (χ1n) is 8.99. The minimum atomic E-state index is -1.06. The normalized spacial score (nSPS) is 47.1. The highest BCUT2D eigenvalue weighted by Gasteiger charge is 2.76. The van der Waals surface area contributed by atoms with Gasteiger partial charge in [0.2, 0.25) is 0 Å². The van der Waals surface area contributed by atoms with Gasteiger partial charge in [-0.1, -0.05) is 13.0 Å². The van der Waals surface area contributed by atoms with Gasteiger partial charge in [-0.2, -0.15) is 0 Å². The molecule has 0 heterocycles. The number of phenols is 1. The summed E-state index contributed by atoms with van der Waals surface area (Å²) in [5.41, 5.74) is 1.37. The smallest absolute Gasteiger partial charge is 0.165 e. The first-order chi connectivity index (χ1) is 10.9. The van der Waals surface area contributed by atoms with Gasteiger partial charge in [0.05, 0.1) is 0 Å². The van der Waals surface area contributed by atoms with Crippen molar-refractivity contribution in [3.05, 3.63) is 29.3 Å². The SMILES string of the molecule is C[C@]12CCC3c4ccc(O)cc4CCC3[C@@]13CC[C@]2(O)C(=O)C3. The molecule has 0 amide bonds. The lowest BCUT2D eigenvalue weighted by Gasteiger charge is -2.56. The van der Waals surface area contributed by atoms with E-state index in [2.05, 4.69) is 13.0 Å². The fourth-order valence-corrected chi connectivity index (χ4v) is 7.07. The number of aliphatic hydroxyl groups is 1. The lowest BCUT2D eigenvalue weighted by Crippen LogP contribution is -2.52. The summed E-state index contributed by atoms with van der Waals surface area (Å²) in [6.07, 6.45) is 6.30. The van der Waals surface area contributed by atoms with Crippen LogP contribution in [0.5, 0.6) is 5.75 Å². The highest BCUT2D eigenvalue weighted by Crippen LogP contribution is 2.76. The summed E-state index contributed by atoms with van der Waals surface area (Å²) in [5, 5.41) is 20.9. The number of hydrogen-bond donors (Lipinski definition) is 2. The van der Waals surface area contributed by atoms with E-state index in [1.807, 2.05) is 6.07 Å². The standard InChI is InChI=1S/C20H24O3/c1-18-7-6-15-14-4-3-13(21)10-12(14)2-5-16(15)19(18)8-9-20(18,23)17(22)11-19/h3-4,10,15-16,21,23H,2,5-9,11H2,1H3/t15?,16?,18-,19-,20-/m0/s1. The number of hydrogen-bond acceptors (Lipinski definition) is 3. The average Bonchev–Trinajstić information content (AvgIpc) is 2.86. The highest BCUT2D eigenvalue weighted by molar-refractivity contribution is 5.93. The third kappa shape index (κ3) is 1.36. The van der Waals surface area contributed by atoms with Crippen LogP contribution < -0.4 is 0 Å². The predicted molar refractivity (Wildman–Crippen MR) is 86.2 cm³/mol. The molecular weight excluding hydrogens is 288 g/mol. The van der Waals surface area contributed by atoms with Crippen molar-refractivity contribution in [1.29, 1.82) is 0 Å². The molecule has 0 saturated heterocycles. The van der Waals surface area contributed by atoms with Crippen LogP contribution in [-0.2, 0) is 11.2 Å². The van der Waals surface area contributed by atoms with E-state index in [0.29, 0.717) is 30.4 Å². The third-order valence-electron chi connectivity index (χ3n) is 8.28. The molecule has 23 heavy (non-hydrogen) atoms. The zero-order valence-corrected chi connectivity index (χ0v) is 13.6. The molecule has 3 saturated carbocycles. The number of carbonyl (C=O) groups is 1. The number of ketones is 1. The van der Waals surface area contributed by atoms with E-state index in [0.717, 1.165) is 32.1 Å². The molecule has 4 aliphatic rings. The molecule has 0 spiro atoms. The molecule has 5 atom stereocenters. The number of fused-ring (bicyclic) bond motifs is 3. The monoisotopic (exact) mass is 312 g/mol. The summed E-state index contributed by atoms with van der Waals surface area (Å²) in [4.78, 5) is 12.6. The van der Waals surface area contributed by atoms with E-state index in [-0.39, 0.29) is 16.6 Å². The Kier molecular flexibility index (Phi) is 2.44. The van der Waals surface area contributed by atoms with Gasteiger partial charge in [0.25, 0.3) is 0 Å². The van der Waals surface area contributed by atoms with Gasteiger partial charge in [-0.25, -0.2) is 0 Å². The minimum absolute atomic E-state index is 0.00265. The molecule has 2 unspecified atom stereocenters. The number of rotatable bonds is 0. The molecule has 3 fully saturated rings. The molecule has 0 radical (unpaired) electrons. The van der Waals surface area contributed by atoms with Gasteiger partial charge in [0.15, 0.2) is 5.78 Å². The summed E-state index contributed by atoms with van der Waals surface area (Å²) in [7, 11) is 0. The van der Waals surface area contributed by atoms with Crippen LogP contribution in [0.25, 0.3) is 0 Å². The zero-order chi connectivity index (χ0) is 16.0. The second-order valence-electron chi connectivity index (χ2n) is 8.62. The van der Waals surface area contributed by atoms with Crippen molar-refractivity contribution in [2.24, 2.45) is 16.7 Å². The molecule has 3 heteroatoms. The molecule has 0 aromatic heterocycles. The van der Waals surface area contributed by atoms with Gasteiger partial charge in [0, 0.05) is 11.8 Å². The van der Waals surface area contributed by atoms with Gasteiger partial charge in [-0.3, -0.25) is 4.79 Å². The largest absolute Gasteiger partial charge is 0.508 e. The number of aryl methyl sites for hydroxylation is 1. The quantitative estimate of drug-likeness (QED) is 0.772. The molecule has 0 aliphatic heterocycles. The second kappa shape index (κ2) is 4.00. The average molecular weight is 312 g/mol. The number of phenolic OH excluding ortho intramolecular Hbond substituents is 1. The molecule has 2 bridgehead atoms. The van der Waals surface area contributed by atoms with Gasteiger partial charge >= 0.3 is 0 Å². The molecule has 1 aromatic carbocycles. The lowest BCUT2D eigenvalue weighted by atomic mass is 9.48. The van der Waals surface area contributed by atoms with Crippen LogP contribution in [0, 0.1) is 16.7 Å². The predicted octanol–water partition coefficient (Wildman–Crippen LogP) is 3.32. The van der Waals surface area contributed by atoms with Crippen LogP contribution in [0.2, 0.25) is 0 Å². The summed E-state index contributed by atoms with van der Waals surface area (Å²) in [6.45, 7) is 2.19. The Bertz CT molecular complexity index is 726. The van der Waals surface area contributed by atoms with Crippen LogP contribution in [-0.4, -0.2) is 21.6 Å². The molecule has 3 nitrogen and oxygen atoms in total. The summed E-state index contributed by atoms with van der Waals surface area (Å²) >= 11 is 0. The Morgan fingerprint density at radius 3 is 2.78 bits per heavy atom. The summed E-state index contributed by atoms with van der Waals surface area (Å²) < 4.78 is 0. The van der Waals surface area contributed by atoms with E-state index in [9.17, 15) is 15.0 Å². The second-order valence-corrected chi connectivity index (χ2v) is 8.62.